The Morgan fingerprint density at radius 3 is 2.43 bits per heavy atom. The van der Waals surface area contributed by atoms with Crippen molar-refractivity contribution in [2.75, 3.05) is 16.8 Å². The van der Waals surface area contributed by atoms with E-state index in [4.69, 9.17) is 11.6 Å². The quantitative estimate of drug-likeness (QED) is 0.497. The van der Waals surface area contributed by atoms with Gasteiger partial charge in [-0.05, 0) is 30.7 Å². The number of halogens is 1. The van der Waals surface area contributed by atoms with E-state index in [0.29, 0.717) is 18.7 Å². The zero-order valence-electron chi connectivity index (χ0n) is 15.6. The molecule has 0 radical (unpaired) electrons. The Bertz CT molecular complexity index is 1160. The normalized spacial score (nSPS) is 16.0. The van der Waals surface area contributed by atoms with Crippen LogP contribution in [0.25, 0.3) is 5.69 Å². The molecule has 9 nitrogen and oxygen atoms in total. The number of amides is 1. The second-order valence-corrected chi connectivity index (χ2v) is 7.05. The number of hydrogen-bond donors (Lipinski definition) is 1. The zero-order chi connectivity index (χ0) is 21.3. The molecule has 2 aromatic carbocycles. The summed E-state index contributed by atoms with van der Waals surface area (Å²) < 4.78 is 1.05. The Balaban J connectivity index is 1.55. The van der Waals surface area contributed by atoms with Crippen molar-refractivity contribution in [3.05, 3.63) is 86.3 Å². The molecule has 1 N–H and O–H groups in total. The molecule has 0 spiro atoms. The van der Waals surface area contributed by atoms with Crippen molar-refractivity contribution in [1.29, 1.82) is 0 Å². The number of anilines is 2. The SMILES string of the molecule is O=C1C(Nc2cnn(-c3ccc([N+](=O)[O-])cc3)c(=O)c2Cl)CCN1c1ccccc1. The summed E-state index contributed by atoms with van der Waals surface area (Å²) in [5, 5.41) is 17.8. The van der Waals surface area contributed by atoms with E-state index in [0.717, 1.165) is 10.4 Å². The topological polar surface area (TPSA) is 110 Å². The van der Waals surface area contributed by atoms with Gasteiger partial charge in [-0.1, -0.05) is 29.8 Å². The fraction of sp³-hybridized carbons (Fsp3) is 0.150. The van der Waals surface area contributed by atoms with Crippen LogP contribution in [0.2, 0.25) is 5.02 Å². The largest absolute Gasteiger partial charge is 0.371 e. The van der Waals surface area contributed by atoms with Gasteiger partial charge in [-0.3, -0.25) is 19.7 Å². The van der Waals surface area contributed by atoms with Gasteiger partial charge in [0.1, 0.15) is 11.1 Å². The third kappa shape index (κ3) is 3.62. The summed E-state index contributed by atoms with van der Waals surface area (Å²) in [6, 6.07) is 14.2. The predicted molar refractivity (Wildman–Crippen MR) is 112 cm³/mol. The summed E-state index contributed by atoms with van der Waals surface area (Å²) in [4.78, 5) is 37.3. The summed E-state index contributed by atoms with van der Waals surface area (Å²) >= 11 is 6.24. The first-order valence-electron chi connectivity index (χ1n) is 9.11. The number of benzene rings is 2. The number of nitro groups is 1. The van der Waals surface area contributed by atoms with Crippen molar-refractivity contribution >= 4 is 34.6 Å². The molecule has 4 rings (SSSR count). The zero-order valence-corrected chi connectivity index (χ0v) is 16.3. The van der Waals surface area contributed by atoms with Crippen molar-refractivity contribution in [2.24, 2.45) is 0 Å². The fourth-order valence-corrected chi connectivity index (χ4v) is 3.48. The van der Waals surface area contributed by atoms with Gasteiger partial charge >= 0.3 is 0 Å². The maximum Gasteiger partial charge on any atom is 0.292 e. The molecular formula is C20H16ClN5O4. The van der Waals surface area contributed by atoms with Gasteiger partial charge in [0.15, 0.2) is 0 Å². The molecule has 0 saturated carbocycles. The van der Waals surface area contributed by atoms with Crippen LogP contribution in [-0.4, -0.2) is 33.2 Å². The lowest BCUT2D eigenvalue weighted by atomic mass is 10.2. The monoisotopic (exact) mass is 425 g/mol. The van der Waals surface area contributed by atoms with Crippen LogP contribution >= 0.6 is 11.6 Å². The molecule has 1 aliphatic rings. The Hall–Kier alpha value is -3.72. The molecule has 1 atom stereocenters. The van der Waals surface area contributed by atoms with Crippen LogP contribution in [0.5, 0.6) is 0 Å². The smallest absolute Gasteiger partial charge is 0.292 e. The lowest BCUT2D eigenvalue weighted by Crippen LogP contribution is -2.34. The number of carbonyl (C=O) groups excluding carboxylic acids is 1. The van der Waals surface area contributed by atoms with Crippen molar-refractivity contribution in [3.8, 4) is 5.69 Å². The highest BCUT2D eigenvalue weighted by molar-refractivity contribution is 6.33. The summed E-state index contributed by atoms with van der Waals surface area (Å²) in [6.07, 6.45) is 1.92. The van der Waals surface area contributed by atoms with Crippen molar-refractivity contribution in [2.45, 2.75) is 12.5 Å². The minimum absolute atomic E-state index is 0.0982. The van der Waals surface area contributed by atoms with Crippen molar-refractivity contribution < 1.29 is 9.72 Å². The summed E-state index contributed by atoms with van der Waals surface area (Å²) in [7, 11) is 0. The van der Waals surface area contributed by atoms with E-state index in [1.807, 2.05) is 30.3 Å². The molecule has 30 heavy (non-hydrogen) atoms. The molecule has 1 amide bonds. The van der Waals surface area contributed by atoms with Crippen molar-refractivity contribution in [3.63, 3.8) is 0 Å². The van der Waals surface area contributed by atoms with Gasteiger partial charge in [0, 0.05) is 24.4 Å². The standard InChI is InChI=1S/C20H16ClN5O4/c21-18-17(23-16-10-11-24(19(16)27)13-4-2-1-3-5-13)12-22-25(20(18)28)14-6-8-15(9-7-14)26(29)30/h1-9,12,16,23H,10-11H2. The Labute approximate surface area is 175 Å². The number of rotatable bonds is 5. The minimum atomic E-state index is -0.596. The van der Waals surface area contributed by atoms with Crippen molar-refractivity contribution in [1.82, 2.24) is 9.78 Å². The molecule has 1 aromatic heterocycles. The maximum atomic E-state index is 12.7. The second kappa shape index (κ2) is 7.96. The molecule has 2 heterocycles. The first kappa shape index (κ1) is 19.6. The average Bonchev–Trinajstić information content (AvgIpc) is 3.12. The molecule has 152 valence electrons. The maximum absolute atomic E-state index is 12.7. The number of non-ortho nitro benzene ring substituents is 1. The number of nitrogens with zero attached hydrogens (tertiary/aromatic N) is 4. The first-order chi connectivity index (χ1) is 14.5. The molecule has 3 aromatic rings. The summed E-state index contributed by atoms with van der Waals surface area (Å²) in [5.41, 5.74) is 0.712. The number of nitrogens with one attached hydrogen (secondary N) is 1. The van der Waals surface area contributed by atoms with Crippen LogP contribution in [0.15, 0.2) is 65.6 Å². The molecule has 10 heteroatoms. The average molecular weight is 426 g/mol. The third-order valence-corrected chi connectivity index (χ3v) is 5.19. The highest BCUT2D eigenvalue weighted by atomic mass is 35.5. The highest BCUT2D eigenvalue weighted by Crippen LogP contribution is 2.25. The molecule has 1 saturated heterocycles. The number of nitro benzene ring substituents is 1. The van der Waals surface area contributed by atoms with Gasteiger partial charge in [-0.25, -0.2) is 0 Å². The van der Waals surface area contributed by atoms with Gasteiger partial charge in [0.05, 0.1) is 22.5 Å². The van der Waals surface area contributed by atoms with Gasteiger partial charge in [0.2, 0.25) is 5.91 Å². The van der Waals surface area contributed by atoms with Crippen LogP contribution in [0, 0.1) is 10.1 Å². The number of aromatic nitrogens is 2. The van der Waals surface area contributed by atoms with Gasteiger partial charge in [0.25, 0.3) is 11.2 Å². The van der Waals surface area contributed by atoms with Gasteiger partial charge in [-0.2, -0.15) is 9.78 Å². The fourth-order valence-electron chi connectivity index (χ4n) is 3.30. The van der Waals surface area contributed by atoms with E-state index in [1.165, 1.54) is 30.5 Å². The second-order valence-electron chi connectivity index (χ2n) is 6.67. The first-order valence-corrected chi connectivity index (χ1v) is 9.49. The lowest BCUT2D eigenvalue weighted by Gasteiger charge is -2.18. The molecule has 0 aliphatic carbocycles. The number of carbonyl (C=O) groups is 1. The minimum Gasteiger partial charge on any atom is -0.371 e. The van der Waals surface area contributed by atoms with Crippen LogP contribution in [-0.2, 0) is 4.79 Å². The number of hydrogen-bond acceptors (Lipinski definition) is 6. The molecule has 1 unspecified atom stereocenters. The van der Waals surface area contributed by atoms with Crippen LogP contribution in [0.4, 0.5) is 17.1 Å². The van der Waals surface area contributed by atoms with E-state index in [2.05, 4.69) is 10.4 Å². The van der Waals surface area contributed by atoms with Gasteiger partial charge in [-0.15, -0.1) is 0 Å². The van der Waals surface area contributed by atoms with Crippen LogP contribution < -0.4 is 15.8 Å². The molecule has 1 aliphatic heterocycles. The Kier molecular flexibility index (Phi) is 5.20. The Morgan fingerprint density at radius 2 is 1.77 bits per heavy atom. The van der Waals surface area contributed by atoms with Crippen LogP contribution in [0.3, 0.4) is 0 Å². The highest BCUT2D eigenvalue weighted by Gasteiger charge is 2.33. The predicted octanol–water partition coefficient (Wildman–Crippen LogP) is 3.01. The summed E-state index contributed by atoms with van der Waals surface area (Å²) in [6.45, 7) is 0.547. The molecular weight excluding hydrogens is 410 g/mol. The van der Waals surface area contributed by atoms with Gasteiger partial charge < -0.3 is 10.2 Å². The number of para-hydroxylation sites is 1. The van der Waals surface area contributed by atoms with Crippen LogP contribution in [0.1, 0.15) is 6.42 Å². The van der Waals surface area contributed by atoms with E-state index in [1.54, 1.807) is 4.90 Å². The van der Waals surface area contributed by atoms with E-state index < -0.39 is 16.5 Å². The van der Waals surface area contributed by atoms with E-state index in [9.17, 15) is 19.7 Å². The summed E-state index contributed by atoms with van der Waals surface area (Å²) in [5.74, 6) is -0.114. The lowest BCUT2D eigenvalue weighted by molar-refractivity contribution is -0.384. The Morgan fingerprint density at radius 1 is 1.07 bits per heavy atom. The third-order valence-electron chi connectivity index (χ3n) is 4.83. The molecule has 1 fully saturated rings. The molecule has 0 bridgehead atoms. The van der Waals surface area contributed by atoms with E-state index >= 15 is 0 Å². The van der Waals surface area contributed by atoms with E-state index in [-0.39, 0.29) is 22.3 Å².